The Morgan fingerprint density at radius 3 is 2.45 bits per heavy atom. The Morgan fingerprint density at radius 1 is 1.27 bits per heavy atom. The van der Waals surface area contributed by atoms with Crippen LogP contribution >= 0.6 is 11.6 Å². The summed E-state index contributed by atoms with van der Waals surface area (Å²) in [7, 11) is 0. The van der Waals surface area contributed by atoms with Crippen molar-refractivity contribution in [3.63, 3.8) is 0 Å². The second kappa shape index (κ2) is 9.40. The van der Waals surface area contributed by atoms with E-state index in [4.69, 9.17) is 16.3 Å². The van der Waals surface area contributed by atoms with Gasteiger partial charge in [-0.3, -0.25) is 9.59 Å². The number of esters is 1. The van der Waals surface area contributed by atoms with Crippen molar-refractivity contribution in [2.45, 2.75) is 32.0 Å². The van der Waals surface area contributed by atoms with Gasteiger partial charge in [0.15, 0.2) is 0 Å². The number of halogens is 1. The zero-order valence-corrected chi connectivity index (χ0v) is 13.0. The van der Waals surface area contributed by atoms with Gasteiger partial charge in [-0.1, -0.05) is 12.1 Å². The number of aliphatic hydroxyl groups excluding tert-OH is 2. The van der Waals surface area contributed by atoms with Crippen molar-refractivity contribution >= 4 is 29.2 Å². The van der Waals surface area contributed by atoms with Gasteiger partial charge in [0.2, 0.25) is 5.91 Å². The lowest BCUT2D eigenvalue weighted by Crippen LogP contribution is -2.23. The number of hydrogen-bond acceptors (Lipinski definition) is 5. The van der Waals surface area contributed by atoms with E-state index in [1.54, 1.807) is 31.2 Å². The van der Waals surface area contributed by atoms with E-state index in [0.717, 1.165) is 0 Å². The fourth-order valence-electron chi connectivity index (χ4n) is 1.80. The van der Waals surface area contributed by atoms with E-state index >= 15 is 0 Å². The molecule has 3 N–H and O–H groups in total. The first kappa shape index (κ1) is 18.4. The van der Waals surface area contributed by atoms with E-state index in [9.17, 15) is 19.8 Å². The van der Waals surface area contributed by atoms with E-state index in [-0.39, 0.29) is 31.2 Å². The first-order valence-corrected chi connectivity index (χ1v) is 7.49. The van der Waals surface area contributed by atoms with Crippen molar-refractivity contribution in [3.8, 4) is 0 Å². The summed E-state index contributed by atoms with van der Waals surface area (Å²) in [5.74, 6) is -0.535. The summed E-state index contributed by atoms with van der Waals surface area (Å²) in [6.07, 6.45) is -2.54. The number of aliphatic hydroxyl groups is 2. The summed E-state index contributed by atoms with van der Waals surface area (Å²) in [4.78, 5) is 22.7. The molecular formula is C15H20ClNO5. The summed E-state index contributed by atoms with van der Waals surface area (Å²) in [5.41, 5.74) is 0.998. The number of carbonyl (C=O) groups excluding carboxylic acids is 2. The highest BCUT2D eigenvalue weighted by atomic mass is 35.5. The fraction of sp³-hybridized carbons (Fsp3) is 0.467. The molecule has 1 amide bonds. The zero-order valence-electron chi connectivity index (χ0n) is 12.3. The quantitative estimate of drug-likeness (QED) is 0.497. The van der Waals surface area contributed by atoms with Crippen LogP contribution in [-0.2, 0) is 14.3 Å². The van der Waals surface area contributed by atoms with E-state index in [1.165, 1.54) is 0 Å². The molecule has 0 saturated heterocycles. The Morgan fingerprint density at radius 2 is 1.91 bits per heavy atom. The van der Waals surface area contributed by atoms with Crippen molar-refractivity contribution in [2.75, 3.05) is 17.8 Å². The van der Waals surface area contributed by atoms with Crippen LogP contribution in [0, 0.1) is 0 Å². The highest BCUT2D eigenvalue weighted by molar-refractivity contribution is 6.19. The molecule has 0 bridgehead atoms. The van der Waals surface area contributed by atoms with Gasteiger partial charge >= 0.3 is 5.97 Å². The van der Waals surface area contributed by atoms with Gasteiger partial charge in [0.1, 0.15) is 6.10 Å². The molecule has 7 heteroatoms. The van der Waals surface area contributed by atoms with Gasteiger partial charge in [-0.05, 0) is 24.6 Å². The van der Waals surface area contributed by atoms with Gasteiger partial charge < -0.3 is 20.3 Å². The Labute approximate surface area is 134 Å². The highest BCUT2D eigenvalue weighted by Gasteiger charge is 2.22. The summed E-state index contributed by atoms with van der Waals surface area (Å²) >= 11 is 5.47. The van der Waals surface area contributed by atoms with Crippen molar-refractivity contribution in [2.24, 2.45) is 0 Å². The molecule has 0 aliphatic rings. The third kappa shape index (κ3) is 6.01. The summed E-state index contributed by atoms with van der Waals surface area (Å²) in [5, 5.41) is 22.5. The van der Waals surface area contributed by atoms with Crippen molar-refractivity contribution < 1.29 is 24.5 Å². The minimum Gasteiger partial charge on any atom is -0.466 e. The van der Waals surface area contributed by atoms with E-state index < -0.39 is 18.2 Å². The molecule has 0 aromatic heterocycles. The van der Waals surface area contributed by atoms with Crippen LogP contribution in [0.3, 0.4) is 0 Å². The highest BCUT2D eigenvalue weighted by Crippen LogP contribution is 2.21. The van der Waals surface area contributed by atoms with Gasteiger partial charge in [0.05, 0.1) is 19.1 Å². The molecule has 0 aliphatic heterocycles. The normalized spacial score (nSPS) is 13.3. The molecule has 22 heavy (non-hydrogen) atoms. The maximum absolute atomic E-state index is 11.4. The molecule has 1 aromatic rings. The van der Waals surface area contributed by atoms with Gasteiger partial charge in [0, 0.05) is 18.0 Å². The lowest BCUT2D eigenvalue weighted by molar-refractivity contribution is -0.147. The average molecular weight is 330 g/mol. The van der Waals surface area contributed by atoms with Gasteiger partial charge in [0.25, 0.3) is 0 Å². The smallest absolute Gasteiger partial charge is 0.308 e. The van der Waals surface area contributed by atoms with Crippen LogP contribution in [0.2, 0.25) is 0 Å². The number of ether oxygens (including phenoxy) is 1. The molecule has 1 aromatic carbocycles. The summed E-state index contributed by atoms with van der Waals surface area (Å²) in [6, 6.07) is 6.33. The van der Waals surface area contributed by atoms with Crippen molar-refractivity contribution in [3.05, 3.63) is 29.8 Å². The maximum Gasteiger partial charge on any atom is 0.308 e. The predicted molar refractivity (Wildman–Crippen MR) is 82.6 cm³/mol. The van der Waals surface area contributed by atoms with Crippen molar-refractivity contribution in [1.82, 2.24) is 0 Å². The van der Waals surface area contributed by atoms with Gasteiger partial charge in [-0.15, -0.1) is 11.6 Å². The predicted octanol–water partition coefficient (Wildman–Crippen LogP) is 1.60. The summed E-state index contributed by atoms with van der Waals surface area (Å²) in [6.45, 7) is 1.89. The van der Waals surface area contributed by atoms with Gasteiger partial charge in [-0.25, -0.2) is 0 Å². The lowest BCUT2D eigenvalue weighted by atomic mass is 10.0. The number of anilines is 1. The van der Waals surface area contributed by atoms with Crippen molar-refractivity contribution in [1.29, 1.82) is 0 Å². The molecular weight excluding hydrogens is 310 g/mol. The Balaban J connectivity index is 2.61. The maximum atomic E-state index is 11.4. The third-order valence-electron chi connectivity index (χ3n) is 2.90. The SMILES string of the molecule is CCOC(=O)CC(O)C(O)c1ccc(NC(=O)CCCl)cc1. The average Bonchev–Trinajstić information content (AvgIpc) is 2.47. The van der Waals surface area contributed by atoms with Crippen LogP contribution in [0.25, 0.3) is 0 Å². The number of amides is 1. The van der Waals surface area contributed by atoms with Crippen LogP contribution in [-0.4, -0.2) is 40.7 Å². The number of nitrogens with one attached hydrogen (secondary N) is 1. The Bertz CT molecular complexity index is 491. The minimum absolute atomic E-state index is 0.203. The van der Waals surface area contributed by atoms with E-state index in [0.29, 0.717) is 11.3 Å². The minimum atomic E-state index is -1.25. The molecule has 2 unspecified atom stereocenters. The molecule has 122 valence electrons. The second-order valence-electron chi connectivity index (χ2n) is 4.63. The third-order valence-corrected chi connectivity index (χ3v) is 3.09. The number of benzene rings is 1. The monoisotopic (exact) mass is 329 g/mol. The molecule has 0 aliphatic carbocycles. The number of alkyl halides is 1. The van der Waals surface area contributed by atoms with Crippen LogP contribution < -0.4 is 5.32 Å². The largest absolute Gasteiger partial charge is 0.466 e. The van der Waals surface area contributed by atoms with Crippen LogP contribution in [0.1, 0.15) is 31.4 Å². The number of hydrogen-bond donors (Lipinski definition) is 3. The molecule has 1 rings (SSSR count). The standard InChI is InChI=1S/C15H20ClNO5/c1-2-22-14(20)9-12(18)15(21)10-3-5-11(6-4-10)17-13(19)7-8-16/h3-6,12,15,18,21H,2,7-9H2,1H3,(H,17,19). The summed E-state index contributed by atoms with van der Waals surface area (Å²) < 4.78 is 4.72. The molecule has 6 nitrogen and oxygen atoms in total. The number of rotatable bonds is 8. The molecule has 2 atom stereocenters. The molecule has 0 heterocycles. The molecule has 0 spiro atoms. The van der Waals surface area contributed by atoms with Crippen LogP contribution in [0.5, 0.6) is 0 Å². The first-order chi connectivity index (χ1) is 10.5. The Hall–Kier alpha value is -1.63. The second-order valence-corrected chi connectivity index (χ2v) is 5.01. The topological polar surface area (TPSA) is 95.9 Å². The number of carbonyl (C=O) groups is 2. The van der Waals surface area contributed by atoms with Gasteiger partial charge in [-0.2, -0.15) is 0 Å². The lowest BCUT2D eigenvalue weighted by Gasteiger charge is -2.17. The molecule has 0 radical (unpaired) electrons. The first-order valence-electron chi connectivity index (χ1n) is 6.95. The van der Waals surface area contributed by atoms with E-state index in [1.807, 2.05) is 0 Å². The van der Waals surface area contributed by atoms with Crippen LogP contribution in [0.4, 0.5) is 5.69 Å². The zero-order chi connectivity index (χ0) is 16.5. The fourth-order valence-corrected chi connectivity index (χ4v) is 1.97. The molecule has 0 saturated carbocycles. The molecule has 0 fully saturated rings. The van der Waals surface area contributed by atoms with Crippen LogP contribution in [0.15, 0.2) is 24.3 Å². The Kier molecular flexibility index (Phi) is 7.87. The van der Waals surface area contributed by atoms with E-state index in [2.05, 4.69) is 5.32 Å².